The average molecular weight is 388 g/mol. The molecule has 2 fully saturated rings. The Balaban J connectivity index is 1.43. The zero-order valence-corrected chi connectivity index (χ0v) is 16.3. The van der Waals surface area contributed by atoms with Gasteiger partial charge in [0.15, 0.2) is 0 Å². The summed E-state index contributed by atoms with van der Waals surface area (Å²) in [6.07, 6.45) is 2.31. The molecule has 1 aromatic carbocycles. The third kappa shape index (κ3) is 4.05. The predicted octanol–water partition coefficient (Wildman–Crippen LogP) is 0.316. The third-order valence-electron chi connectivity index (χ3n) is 5.68. The number of anilines is 1. The molecule has 1 unspecified atom stereocenters. The zero-order chi connectivity index (χ0) is 19.6. The molecule has 152 valence electrons. The van der Waals surface area contributed by atoms with Crippen molar-refractivity contribution in [3.8, 4) is 0 Å². The number of nitrogens with zero attached hydrogens (tertiary/aromatic N) is 4. The van der Waals surface area contributed by atoms with Crippen molar-refractivity contribution in [2.45, 2.75) is 18.6 Å². The maximum Gasteiger partial charge on any atom is 0.261 e. The Morgan fingerprint density at radius 2 is 2.11 bits per heavy atom. The Morgan fingerprint density at radius 1 is 1.29 bits per heavy atom. The van der Waals surface area contributed by atoms with E-state index >= 15 is 0 Å². The minimum atomic E-state index is -0.697. The summed E-state index contributed by atoms with van der Waals surface area (Å²) in [5.41, 5.74) is 1.07. The van der Waals surface area contributed by atoms with Crippen LogP contribution in [0.4, 0.5) is 5.69 Å². The number of β-amino-alcohol motifs (C(OH)–C–C–N with tert-alkyl or cyclic N) is 1. The van der Waals surface area contributed by atoms with E-state index in [4.69, 9.17) is 9.47 Å². The molecule has 2 aliphatic heterocycles. The first-order chi connectivity index (χ1) is 13.6. The van der Waals surface area contributed by atoms with E-state index in [1.54, 1.807) is 18.0 Å². The minimum absolute atomic E-state index is 0.0366. The zero-order valence-electron chi connectivity index (χ0n) is 16.3. The lowest BCUT2D eigenvalue weighted by Gasteiger charge is -2.38. The van der Waals surface area contributed by atoms with Crippen LogP contribution >= 0.6 is 0 Å². The van der Waals surface area contributed by atoms with Crippen LogP contribution in [-0.4, -0.2) is 84.8 Å². The molecule has 28 heavy (non-hydrogen) atoms. The molecular weight excluding hydrogens is 360 g/mol. The summed E-state index contributed by atoms with van der Waals surface area (Å²) in [4.78, 5) is 21.7. The van der Waals surface area contributed by atoms with Crippen LogP contribution in [0.1, 0.15) is 6.42 Å². The van der Waals surface area contributed by atoms with Crippen molar-refractivity contribution in [1.82, 2.24) is 14.5 Å². The molecule has 2 aromatic rings. The molecule has 0 aliphatic carbocycles. The van der Waals surface area contributed by atoms with E-state index in [1.165, 1.54) is 0 Å². The van der Waals surface area contributed by atoms with Gasteiger partial charge in [0, 0.05) is 58.5 Å². The van der Waals surface area contributed by atoms with Crippen molar-refractivity contribution in [3.63, 3.8) is 0 Å². The summed E-state index contributed by atoms with van der Waals surface area (Å²) < 4.78 is 12.0. The van der Waals surface area contributed by atoms with Crippen molar-refractivity contribution >= 4 is 16.6 Å². The summed E-state index contributed by atoms with van der Waals surface area (Å²) >= 11 is 0. The van der Waals surface area contributed by atoms with Gasteiger partial charge in [0.2, 0.25) is 0 Å². The lowest BCUT2D eigenvalue weighted by Crippen LogP contribution is -2.52. The number of hydrogen-bond acceptors (Lipinski definition) is 7. The predicted molar refractivity (Wildman–Crippen MR) is 107 cm³/mol. The highest BCUT2D eigenvalue weighted by Gasteiger charge is 2.35. The fourth-order valence-electron chi connectivity index (χ4n) is 3.99. The van der Waals surface area contributed by atoms with Gasteiger partial charge in [0.25, 0.3) is 5.56 Å². The van der Waals surface area contributed by atoms with Crippen molar-refractivity contribution in [3.05, 3.63) is 34.9 Å². The lowest BCUT2D eigenvalue weighted by molar-refractivity contribution is -0.00557. The van der Waals surface area contributed by atoms with Gasteiger partial charge in [0.1, 0.15) is 5.60 Å². The molecule has 0 amide bonds. The van der Waals surface area contributed by atoms with E-state index in [-0.39, 0.29) is 5.56 Å². The summed E-state index contributed by atoms with van der Waals surface area (Å²) in [5.74, 6) is 0. The molecule has 8 heteroatoms. The van der Waals surface area contributed by atoms with Crippen LogP contribution in [0.5, 0.6) is 0 Å². The van der Waals surface area contributed by atoms with Crippen molar-refractivity contribution < 1.29 is 14.6 Å². The maximum absolute atomic E-state index is 12.6. The van der Waals surface area contributed by atoms with E-state index < -0.39 is 5.60 Å². The quantitative estimate of drug-likeness (QED) is 0.763. The average Bonchev–Trinajstić information content (AvgIpc) is 3.14. The van der Waals surface area contributed by atoms with E-state index in [0.717, 1.165) is 37.4 Å². The Kier molecular flexibility index (Phi) is 5.63. The number of fused-ring (bicyclic) bond motifs is 1. The molecule has 1 N–H and O–H groups in total. The number of rotatable bonds is 6. The standard InChI is InChI=1S/C20H28N4O4/c1-27-11-9-24-15-21-18-12-16(2-3-17(18)19(24)25)23-7-5-22(6-8-23)13-20(26)4-10-28-14-20/h2-3,12,15,26H,4-11,13-14H2,1H3. The van der Waals surface area contributed by atoms with Gasteiger partial charge in [-0.2, -0.15) is 0 Å². The van der Waals surface area contributed by atoms with Gasteiger partial charge in [-0.05, 0) is 18.2 Å². The van der Waals surface area contributed by atoms with Crippen LogP contribution in [0.25, 0.3) is 10.9 Å². The molecule has 2 saturated heterocycles. The molecule has 1 aromatic heterocycles. The van der Waals surface area contributed by atoms with Crippen LogP contribution in [0.15, 0.2) is 29.3 Å². The van der Waals surface area contributed by atoms with Gasteiger partial charge in [-0.25, -0.2) is 4.98 Å². The van der Waals surface area contributed by atoms with Gasteiger partial charge in [0.05, 0.1) is 37.0 Å². The van der Waals surface area contributed by atoms with E-state index in [1.807, 2.05) is 18.2 Å². The number of hydrogen-bond donors (Lipinski definition) is 1. The molecule has 1 atom stereocenters. The van der Waals surface area contributed by atoms with Crippen LogP contribution in [-0.2, 0) is 16.0 Å². The lowest BCUT2D eigenvalue weighted by atomic mass is 10.0. The normalized spacial score (nSPS) is 23.6. The smallest absolute Gasteiger partial charge is 0.261 e. The Hall–Kier alpha value is -2.00. The molecule has 4 rings (SSSR count). The van der Waals surface area contributed by atoms with Gasteiger partial charge < -0.3 is 19.5 Å². The van der Waals surface area contributed by atoms with Gasteiger partial charge in [-0.1, -0.05) is 0 Å². The van der Waals surface area contributed by atoms with E-state index in [9.17, 15) is 9.90 Å². The van der Waals surface area contributed by atoms with Crippen molar-refractivity contribution in [1.29, 1.82) is 0 Å². The monoisotopic (exact) mass is 388 g/mol. The molecule has 0 spiro atoms. The fraction of sp³-hybridized carbons (Fsp3) is 0.600. The molecular formula is C20H28N4O4. The highest BCUT2D eigenvalue weighted by Crippen LogP contribution is 2.23. The van der Waals surface area contributed by atoms with Crippen LogP contribution in [0, 0.1) is 0 Å². The Bertz CT molecular complexity index is 870. The first-order valence-corrected chi connectivity index (χ1v) is 9.84. The molecule has 0 radical (unpaired) electrons. The second-order valence-corrected chi connectivity index (χ2v) is 7.73. The highest BCUT2D eigenvalue weighted by molar-refractivity contribution is 5.81. The van der Waals surface area contributed by atoms with Crippen LogP contribution in [0.3, 0.4) is 0 Å². The van der Waals surface area contributed by atoms with Crippen molar-refractivity contribution in [2.24, 2.45) is 0 Å². The SMILES string of the molecule is COCCn1cnc2cc(N3CCN(CC4(O)CCOC4)CC3)ccc2c1=O. The number of benzene rings is 1. The fourth-order valence-corrected chi connectivity index (χ4v) is 3.99. The first-order valence-electron chi connectivity index (χ1n) is 9.84. The van der Waals surface area contributed by atoms with Gasteiger partial charge >= 0.3 is 0 Å². The summed E-state index contributed by atoms with van der Waals surface area (Å²) in [6, 6.07) is 5.86. The third-order valence-corrected chi connectivity index (χ3v) is 5.68. The molecule has 2 aliphatic rings. The number of ether oxygens (including phenoxy) is 2. The number of piperazine rings is 1. The van der Waals surface area contributed by atoms with Crippen LogP contribution in [0.2, 0.25) is 0 Å². The summed E-state index contributed by atoms with van der Waals surface area (Å²) in [6.45, 7) is 6.29. The molecule has 0 bridgehead atoms. The Labute approximate surface area is 164 Å². The number of aromatic nitrogens is 2. The number of methoxy groups -OCH3 is 1. The molecule has 3 heterocycles. The second kappa shape index (κ2) is 8.16. The first kappa shape index (κ1) is 19.3. The van der Waals surface area contributed by atoms with Gasteiger partial charge in [-0.15, -0.1) is 0 Å². The topological polar surface area (TPSA) is 80.1 Å². The van der Waals surface area contributed by atoms with Crippen LogP contribution < -0.4 is 10.5 Å². The molecule has 0 saturated carbocycles. The van der Waals surface area contributed by atoms with E-state index in [0.29, 0.717) is 44.7 Å². The molecule has 8 nitrogen and oxygen atoms in total. The largest absolute Gasteiger partial charge is 0.386 e. The maximum atomic E-state index is 12.6. The Morgan fingerprint density at radius 3 is 2.82 bits per heavy atom. The minimum Gasteiger partial charge on any atom is -0.386 e. The summed E-state index contributed by atoms with van der Waals surface area (Å²) in [7, 11) is 1.62. The number of aliphatic hydroxyl groups is 1. The van der Waals surface area contributed by atoms with Crippen molar-refractivity contribution in [2.75, 3.05) is 64.6 Å². The summed E-state index contributed by atoms with van der Waals surface area (Å²) in [5, 5.41) is 11.1. The van der Waals surface area contributed by atoms with E-state index in [2.05, 4.69) is 14.8 Å². The van der Waals surface area contributed by atoms with Gasteiger partial charge in [-0.3, -0.25) is 14.3 Å². The highest BCUT2D eigenvalue weighted by atomic mass is 16.5. The second-order valence-electron chi connectivity index (χ2n) is 7.73.